The summed E-state index contributed by atoms with van der Waals surface area (Å²) >= 11 is 1.83. The van der Waals surface area contributed by atoms with E-state index in [0.717, 1.165) is 0 Å². The Balaban J connectivity index is 0.000000108. The first-order valence-corrected chi connectivity index (χ1v) is 51.2. The van der Waals surface area contributed by atoms with Crippen molar-refractivity contribution >= 4 is 172 Å². The van der Waals surface area contributed by atoms with E-state index in [9.17, 15) is 0 Å². The summed E-state index contributed by atoms with van der Waals surface area (Å²) < 4.78 is 1.32. The van der Waals surface area contributed by atoms with E-state index in [0.29, 0.717) is 0 Å². The molecule has 0 unspecified atom stereocenters. The summed E-state index contributed by atoms with van der Waals surface area (Å²) in [6.07, 6.45) is 0. The highest BCUT2D eigenvalue weighted by Crippen LogP contribution is 2.55. The second-order valence-electron chi connectivity index (χ2n) is 38.5. The molecule has 29 rings (SSSR count). The lowest BCUT2D eigenvalue weighted by molar-refractivity contribution is 1.51. The van der Waals surface area contributed by atoms with Crippen LogP contribution in [0.15, 0.2) is 533 Å². The van der Waals surface area contributed by atoms with Gasteiger partial charge in [-0.05, 0) is 323 Å². The quantitative estimate of drug-likeness (QED) is 0.0894. The Bertz CT molecular complexity index is 10100. The first kappa shape index (κ1) is 85.9. The van der Waals surface area contributed by atoms with Gasteiger partial charge in [0.1, 0.15) is 0 Å². The predicted molar refractivity (Wildman–Crippen MR) is 629 cm³/mol. The van der Waals surface area contributed by atoms with E-state index in [1.165, 1.54) is 294 Å². The molecule has 676 valence electrons. The van der Waals surface area contributed by atoms with Gasteiger partial charge in [-0.2, -0.15) is 0 Å². The van der Waals surface area contributed by atoms with Crippen molar-refractivity contribution in [2.75, 3.05) is 0 Å². The lowest BCUT2D eigenvalue weighted by Gasteiger charge is -2.21. The van der Waals surface area contributed by atoms with Crippen LogP contribution in [0.4, 0.5) is 0 Å². The highest BCUT2D eigenvalue weighted by Gasteiger charge is 2.28. The minimum absolute atomic E-state index is 1.23. The van der Waals surface area contributed by atoms with Crippen molar-refractivity contribution in [3.63, 3.8) is 0 Å². The number of fused-ring (bicyclic) bond motifs is 18. The zero-order valence-electron chi connectivity index (χ0n) is 80.2. The van der Waals surface area contributed by atoms with Crippen LogP contribution in [0.3, 0.4) is 0 Å². The molecular weight excluding hydrogens is 1760 g/mol. The van der Waals surface area contributed by atoms with Crippen LogP contribution in [0.5, 0.6) is 0 Å². The van der Waals surface area contributed by atoms with Gasteiger partial charge < -0.3 is 0 Å². The van der Waals surface area contributed by atoms with E-state index in [4.69, 9.17) is 0 Å². The Morgan fingerprint density at radius 2 is 0.386 bits per heavy atom. The summed E-state index contributed by atoms with van der Waals surface area (Å²) in [6.45, 7) is 4.48. The summed E-state index contributed by atoms with van der Waals surface area (Å²) in [7, 11) is 0. The van der Waals surface area contributed by atoms with Gasteiger partial charge in [0.2, 0.25) is 0 Å². The molecule has 0 atom stereocenters. The molecule has 0 nitrogen and oxygen atoms in total. The fourth-order valence-corrected chi connectivity index (χ4v) is 25.1. The molecule has 0 bridgehead atoms. The standard InChI is InChI=1S/C51H34.C48H30S.C45H30/c1-33-24-28-45-47(30-33)49(38-26-25-34-14-8-9-19-37(34)31-38)43-23-13-12-22-42(43)48(45)39-27-29-44-46(32-39)40-20-10-11-21-41(40)50(35-15-4-2-5-16-35)51(44)36-17-6-3-7-18-36;1-3-15-31(16-4-1)46-36-21-8-7-19-34(36)42-29-33(27-28-41(42)47(46)32-17-5-2-6-18-32)45-37-22-9-11-24-39(37)48(40-25-12-10-23-38(40)45)43-30-49-44-26-14-13-20-35(43)44;1-29-33-27-26-32(28-42(33)35-19-7-8-20-37(35)43(29)31-15-3-2-4-16-31)44-38-21-9-11-23-40(38)45(41-24-12-10-22-39(41)44)36-25-13-17-30-14-5-6-18-34(30)36/h2-32H,1H3;1-30H;2-28H,1H3. The van der Waals surface area contributed by atoms with E-state index in [1.54, 1.807) is 0 Å². The Labute approximate surface area is 846 Å². The molecule has 1 heteroatoms. The van der Waals surface area contributed by atoms with Gasteiger partial charge >= 0.3 is 0 Å². The van der Waals surface area contributed by atoms with E-state index in [2.05, 4.69) is 547 Å². The van der Waals surface area contributed by atoms with Crippen LogP contribution in [-0.2, 0) is 0 Å². The zero-order chi connectivity index (χ0) is 96.1. The SMILES string of the molecule is Cc1c(-c2ccccc2)c2ccccc2c2cc(-c3c4ccccc4c(-c4cccc5ccccc45)c4ccccc34)ccc12.Cc1ccc2c(-c3ccc4c(-c5ccccc5)c(-c5ccccc5)c5ccccc5c4c3)c3ccccc3c(-c3ccc4ccccc4c3)c2c1.c1ccc(-c2c(-c3ccccc3)c3ccc(-c4c5ccccc5c(-c5csc6ccccc56)c5ccccc45)cc3c3ccccc23)cc1. The second kappa shape index (κ2) is 36.1. The number of thiophene rings is 1. The third-order valence-electron chi connectivity index (χ3n) is 30.4. The number of benzene rings is 28. The molecule has 0 aliphatic rings. The molecule has 1 aromatic heterocycles. The lowest BCUT2D eigenvalue weighted by Crippen LogP contribution is -1.94. The van der Waals surface area contributed by atoms with Gasteiger partial charge in [0.25, 0.3) is 0 Å². The van der Waals surface area contributed by atoms with Gasteiger partial charge in [-0.15, -0.1) is 11.3 Å². The second-order valence-corrected chi connectivity index (χ2v) is 39.4. The highest BCUT2D eigenvalue weighted by atomic mass is 32.1. The van der Waals surface area contributed by atoms with E-state index < -0.39 is 0 Å². The van der Waals surface area contributed by atoms with Gasteiger partial charge in [0.15, 0.2) is 0 Å². The Kier molecular flexibility index (Phi) is 21.4. The lowest BCUT2D eigenvalue weighted by atomic mass is 9.82. The largest absolute Gasteiger partial charge is 0.143 e. The van der Waals surface area contributed by atoms with Crippen LogP contribution in [0.25, 0.3) is 283 Å². The first-order chi connectivity index (χ1) is 71.8. The van der Waals surface area contributed by atoms with E-state index >= 15 is 0 Å². The number of hydrogen-bond donors (Lipinski definition) is 0. The van der Waals surface area contributed by atoms with Crippen molar-refractivity contribution in [3.05, 3.63) is 544 Å². The molecule has 0 aliphatic carbocycles. The van der Waals surface area contributed by atoms with Gasteiger partial charge in [-0.3, -0.25) is 0 Å². The van der Waals surface area contributed by atoms with Gasteiger partial charge in [-0.1, -0.05) is 503 Å². The van der Waals surface area contributed by atoms with Crippen LogP contribution in [0, 0.1) is 13.8 Å². The fraction of sp³-hybridized carbons (Fsp3) is 0.0139. The van der Waals surface area contributed by atoms with Crippen molar-refractivity contribution in [1.29, 1.82) is 0 Å². The zero-order valence-corrected chi connectivity index (χ0v) is 81.0. The maximum Gasteiger partial charge on any atom is 0.0349 e. The highest BCUT2D eigenvalue weighted by molar-refractivity contribution is 7.17. The summed E-state index contributed by atoms with van der Waals surface area (Å²) in [5.41, 5.74) is 30.5. The third-order valence-corrected chi connectivity index (χ3v) is 31.4. The van der Waals surface area contributed by atoms with Crippen LogP contribution in [-0.4, -0.2) is 0 Å². The summed E-state index contributed by atoms with van der Waals surface area (Å²) in [5.74, 6) is 0. The minimum atomic E-state index is 1.23. The summed E-state index contributed by atoms with van der Waals surface area (Å²) in [4.78, 5) is 0. The van der Waals surface area contributed by atoms with Gasteiger partial charge in [0, 0.05) is 15.6 Å². The normalized spacial score (nSPS) is 11.7. The van der Waals surface area contributed by atoms with Crippen molar-refractivity contribution in [2.45, 2.75) is 13.8 Å². The average molecular weight is 1860 g/mol. The Hall–Kier alpha value is -18.2. The molecule has 0 N–H and O–H groups in total. The summed E-state index contributed by atoms with van der Waals surface area (Å²) in [5, 5.41) is 39.4. The Morgan fingerprint density at radius 3 is 0.800 bits per heavy atom. The fourth-order valence-electron chi connectivity index (χ4n) is 24.1. The molecule has 1 heterocycles. The van der Waals surface area contributed by atoms with E-state index in [1.807, 2.05) is 11.3 Å². The molecule has 29 aromatic rings. The Morgan fingerprint density at radius 1 is 0.124 bits per heavy atom. The molecule has 0 saturated heterocycles. The van der Waals surface area contributed by atoms with Gasteiger partial charge in [0.05, 0.1) is 0 Å². The van der Waals surface area contributed by atoms with E-state index in [-0.39, 0.29) is 0 Å². The molecule has 0 spiro atoms. The maximum absolute atomic E-state index is 2.45. The van der Waals surface area contributed by atoms with Gasteiger partial charge in [-0.25, -0.2) is 0 Å². The molecule has 0 aliphatic heterocycles. The molecule has 0 amide bonds. The summed E-state index contributed by atoms with van der Waals surface area (Å²) in [6, 6.07) is 194. The van der Waals surface area contributed by atoms with Crippen molar-refractivity contribution in [2.24, 2.45) is 0 Å². The molecular formula is C144H94S. The minimum Gasteiger partial charge on any atom is -0.143 e. The predicted octanol–water partition coefficient (Wildman–Crippen LogP) is 41.4. The molecule has 145 heavy (non-hydrogen) atoms. The molecule has 0 saturated carbocycles. The smallest absolute Gasteiger partial charge is 0.0349 e. The number of rotatable bonds is 11. The first-order valence-electron chi connectivity index (χ1n) is 50.3. The molecule has 28 aromatic carbocycles. The number of hydrogen-bond acceptors (Lipinski definition) is 1. The van der Waals surface area contributed by atoms with Crippen LogP contribution < -0.4 is 0 Å². The molecule has 0 radical (unpaired) electrons. The van der Waals surface area contributed by atoms with Crippen LogP contribution in [0.1, 0.15) is 11.1 Å². The molecule has 0 fully saturated rings. The van der Waals surface area contributed by atoms with Crippen LogP contribution >= 0.6 is 11.3 Å². The van der Waals surface area contributed by atoms with Crippen molar-refractivity contribution in [1.82, 2.24) is 0 Å². The maximum atomic E-state index is 2.45. The average Bonchev–Trinajstić information content (AvgIpc) is 1.62. The van der Waals surface area contributed by atoms with Crippen molar-refractivity contribution < 1.29 is 0 Å². The number of aryl methyl sites for hydroxylation is 2. The third kappa shape index (κ3) is 14.6. The topological polar surface area (TPSA) is 0 Å². The van der Waals surface area contributed by atoms with Crippen LogP contribution in [0.2, 0.25) is 0 Å². The van der Waals surface area contributed by atoms with Crippen molar-refractivity contribution in [3.8, 4) is 122 Å². The monoisotopic (exact) mass is 1850 g/mol.